The van der Waals surface area contributed by atoms with Crippen molar-refractivity contribution in [2.45, 2.75) is 89.8 Å². The SMILES string of the molecule is CC(C)(C)[SiH2]OC(C)(C)[C@H]1CC[C@@H](N2CCCC2=O)CC1. The van der Waals surface area contributed by atoms with Crippen LogP contribution in [0.2, 0.25) is 5.04 Å². The van der Waals surface area contributed by atoms with Crippen molar-refractivity contribution in [2.75, 3.05) is 6.54 Å². The Kier molecular flexibility index (Phi) is 5.19. The molecule has 1 saturated heterocycles. The van der Waals surface area contributed by atoms with Crippen molar-refractivity contribution >= 4 is 15.7 Å². The molecule has 4 heteroatoms. The fourth-order valence-electron chi connectivity index (χ4n) is 3.66. The molecule has 0 aromatic rings. The maximum atomic E-state index is 11.9. The summed E-state index contributed by atoms with van der Waals surface area (Å²) in [6, 6.07) is 0.506. The number of likely N-dealkylation sites (tertiary alicyclic amines) is 1. The highest BCUT2D eigenvalue weighted by atomic mass is 28.2. The highest BCUT2D eigenvalue weighted by Gasteiger charge is 2.37. The summed E-state index contributed by atoms with van der Waals surface area (Å²) in [5.41, 5.74) is 0.0134. The van der Waals surface area contributed by atoms with Crippen LogP contribution in [0.25, 0.3) is 0 Å². The summed E-state index contributed by atoms with van der Waals surface area (Å²) in [5, 5.41) is 0.358. The molecule has 1 heterocycles. The first-order chi connectivity index (χ1) is 9.69. The highest BCUT2D eigenvalue weighted by molar-refractivity contribution is 6.31. The molecule has 0 unspecified atom stereocenters. The van der Waals surface area contributed by atoms with Gasteiger partial charge in [0.1, 0.15) is 0 Å². The lowest BCUT2D eigenvalue weighted by atomic mass is 9.77. The minimum Gasteiger partial charge on any atom is -0.418 e. The second kappa shape index (κ2) is 6.41. The van der Waals surface area contributed by atoms with Gasteiger partial charge in [-0.15, -0.1) is 0 Å². The van der Waals surface area contributed by atoms with E-state index in [-0.39, 0.29) is 5.60 Å². The maximum absolute atomic E-state index is 11.9. The third-order valence-electron chi connectivity index (χ3n) is 5.11. The molecule has 122 valence electrons. The van der Waals surface area contributed by atoms with E-state index in [9.17, 15) is 4.79 Å². The molecule has 0 atom stereocenters. The van der Waals surface area contributed by atoms with E-state index in [0.717, 1.165) is 19.4 Å². The summed E-state index contributed by atoms with van der Waals surface area (Å²) < 4.78 is 6.37. The maximum Gasteiger partial charge on any atom is 0.222 e. The lowest BCUT2D eigenvalue weighted by Gasteiger charge is -2.42. The van der Waals surface area contributed by atoms with E-state index in [0.29, 0.717) is 22.9 Å². The molecular formula is C17H33NO2Si. The molecule has 1 aliphatic carbocycles. The van der Waals surface area contributed by atoms with Crippen molar-refractivity contribution in [1.29, 1.82) is 0 Å². The summed E-state index contributed by atoms with van der Waals surface area (Å²) in [6.07, 6.45) is 6.58. The van der Waals surface area contributed by atoms with E-state index in [4.69, 9.17) is 4.43 Å². The molecule has 0 aromatic carbocycles. The summed E-state index contributed by atoms with van der Waals surface area (Å²) in [6.45, 7) is 12.4. The van der Waals surface area contributed by atoms with Gasteiger partial charge < -0.3 is 9.33 Å². The first-order valence-corrected chi connectivity index (χ1v) is 9.91. The summed E-state index contributed by atoms with van der Waals surface area (Å²) >= 11 is 0. The number of rotatable bonds is 4. The Morgan fingerprint density at radius 2 is 1.71 bits per heavy atom. The Morgan fingerprint density at radius 3 is 2.19 bits per heavy atom. The zero-order valence-corrected chi connectivity index (χ0v) is 16.0. The zero-order chi connectivity index (χ0) is 15.7. The van der Waals surface area contributed by atoms with Gasteiger partial charge in [-0.05, 0) is 56.9 Å². The molecule has 1 amide bonds. The first-order valence-electron chi connectivity index (χ1n) is 8.62. The van der Waals surface area contributed by atoms with Gasteiger partial charge in [0.05, 0.1) is 5.60 Å². The van der Waals surface area contributed by atoms with E-state index in [1.165, 1.54) is 25.7 Å². The number of hydrogen-bond donors (Lipinski definition) is 0. The monoisotopic (exact) mass is 311 g/mol. The van der Waals surface area contributed by atoms with E-state index in [2.05, 4.69) is 39.5 Å². The Balaban J connectivity index is 1.83. The van der Waals surface area contributed by atoms with E-state index >= 15 is 0 Å². The van der Waals surface area contributed by atoms with Crippen LogP contribution in [0.1, 0.15) is 73.1 Å². The second-order valence-electron chi connectivity index (χ2n) is 8.65. The molecule has 0 bridgehead atoms. The van der Waals surface area contributed by atoms with Crippen molar-refractivity contribution in [3.8, 4) is 0 Å². The molecule has 2 aliphatic rings. The van der Waals surface area contributed by atoms with Crippen LogP contribution in [0.5, 0.6) is 0 Å². The third kappa shape index (κ3) is 4.56. The molecule has 2 fully saturated rings. The van der Waals surface area contributed by atoms with Crippen molar-refractivity contribution < 1.29 is 9.22 Å². The van der Waals surface area contributed by atoms with E-state index in [1.54, 1.807) is 0 Å². The molecule has 0 spiro atoms. The van der Waals surface area contributed by atoms with Crippen molar-refractivity contribution in [3.05, 3.63) is 0 Å². The fraction of sp³-hybridized carbons (Fsp3) is 0.941. The van der Waals surface area contributed by atoms with Gasteiger partial charge in [0.15, 0.2) is 9.76 Å². The smallest absolute Gasteiger partial charge is 0.222 e. The highest BCUT2D eigenvalue weighted by Crippen LogP contribution is 2.38. The van der Waals surface area contributed by atoms with Crippen LogP contribution >= 0.6 is 0 Å². The molecule has 0 N–H and O–H groups in total. The second-order valence-corrected chi connectivity index (χ2v) is 11.3. The molecule has 1 aliphatic heterocycles. The standard InChI is InChI=1S/C17H33NO2Si/c1-16(2,3)21-20-17(4,5)13-8-10-14(11-9-13)18-12-6-7-15(18)19/h13-14H,6-12,21H2,1-5H3/t13-,14+. The van der Waals surface area contributed by atoms with Crippen LogP contribution < -0.4 is 0 Å². The topological polar surface area (TPSA) is 29.5 Å². The van der Waals surface area contributed by atoms with Crippen molar-refractivity contribution in [1.82, 2.24) is 4.90 Å². The molecule has 1 saturated carbocycles. The van der Waals surface area contributed by atoms with Crippen LogP contribution in [-0.2, 0) is 9.22 Å². The zero-order valence-electron chi connectivity index (χ0n) is 14.6. The predicted octanol–water partition coefficient (Wildman–Crippen LogP) is 3.27. The fourth-order valence-corrected chi connectivity index (χ4v) is 4.70. The number of carbonyl (C=O) groups excluding carboxylic acids is 1. The summed E-state index contributed by atoms with van der Waals surface area (Å²) in [4.78, 5) is 14.0. The normalized spacial score (nSPS) is 28.8. The average molecular weight is 312 g/mol. The minimum absolute atomic E-state index is 0.0134. The van der Waals surface area contributed by atoms with Crippen LogP contribution in [0.3, 0.4) is 0 Å². The van der Waals surface area contributed by atoms with E-state index in [1.807, 2.05) is 0 Å². The minimum atomic E-state index is -0.500. The Morgan fingerprint density at radius 1 is 1.10 bits per heavy atom. The molecule has 2 rings (SSSR count). The van der Waals surface area contributed by atoms with E-state index < -0.39 is 9.76 Å². The van der Waals surface area contributed by atoms with Gasteiger partial charge in [0, 0.05) is 19.0 Å². The number of carbonyl (C=O) groups is 1. The summed E-state index contributed by atoms with van der Waals surface area (Å²) in [7, 11) is -0.500. The van der Waals surface area contributed by atoms with Crippen LogP contribution in [0, 0.1) is 5.92 Å². The quantitative estimate of drug-likeness (QED) is 0.746. The van der Waals surface area contributed by atoms with Gasteiger partial charge in [-0.3, -0.25) is 4.79 Å². The van der Waals surface area contributed by atoms with Gasteiger partial charge in [0.25, 0.3) is 0 Å². The van der Waals surface area contributed by atoms with Gasteiger partial charge in [-0.1, -0.05) is 20.8 Å². The van der Waals surface area contributed by atoms with Gasteiger partial charge in [-0.2, -0.15) is 0 Å². The molecule has 0 radical (unpaired) electrons. The van der Waals surface area contributed by atoms with Gasteiger partial charge >= 0.3 is 0 Å². The number of amides is 1. The Bertz CT molecular complexity index is 367. The van der Waals surface area contributed by atoms with Gasteiger partial charge in [-0.25, -0.2) is 0 Å². The lowest BCUT2D eigenvalue weighted by Crippen LogP contribution is -2.44. The molecule has 0 aromatic heterocycles. The number of hydrogen-bond acceptors (Lipinski definition) is 2. The molecule has 3 nitrogen and oxygen atoms in total. The predicted molar refractivity (Wildman–Crippen MR) is 90.1 cm³/mol. The Labute approximate surface area is 132 Å². The third-order valence-corrected chi connectivity index (χ3v) is 6.86. The summed E-state index contributed by atoms with van der Waals surface area (Å²) in [5.74, 6) is 1.04. The average Bonchev–Trinajstić information content (AvgIpc) is 2.82. The first kappa shape index (κ1) is 17.0. The van der Waals surface area contributed by atoms with Crippen LogP contribution in [0.4, 0.5) is 0 Å². The van der Waals surface area contributed by atoms with Crippen molar-refractivity contribution in [3.63, 3.8) is 0 Å². The van der Waals surface area contributed by atoms with Crippen molar-refractivity contribution in [2.24, 2.45) is 5.92 Å². The molecule has 21 heavy (non-hydrogen) atoms. The Hall–Kier alpha value is -0.353. The molecular weight excluding hydrogens is 278 g/mol. The number of nitrogens with zero attached hydrogens (tertiary/aromatic N) is 1. The van der Waals surface area contributed by atoms with Gasteiger partial charge in [0.2, 0.25) is 5.91 Å². The van der Waals surface area contributed by atoms with Crippen LogP contribution in [-0.4, -0.2) is 38.8 Å². The largest absolute Gasteiger partial charge is 0.418 e. The lowest BCUT2D eigenvalue weighted by molar-refractivity contribution is -0.130. The van der Waals surface area contributed by atoms with Crippen LogP contribution in [0.15, 0.2) is 0 Å².